The summed E-state index contributed by atoms with van der Waals surface area (Å²) in [5.41, 5.74) is 6.10. The van der Waals surface area contributed by atoms with Gasteiger partial charge < -0.3 is 16.2 Å². The third kappa shape index (κ3) is 3.66. The summed E-state index contributed by atoms with van der Waals surface area (Å²) < 4.78 is 25.3. The lowest BCUT2D eigenvalue weighted by atomic mass is 10.1. The summed E-state index contributed by atoms with van der Waals surface area (Å²) in [5, 5.41) is 11.5. The molecule has 5 heteroatoms. The number of aliphatic hydroxyl groups excluding tert-OH is 1. The second kappa shape index (κ2) is 6.27. The van der Waals surface area contributed by atoms with Crippen molar-refractivity contribution in [1.82, 2.24) is 0 Å². The Morgan fingerprint density at radius 3 is 2.69 bits per heavy atom. The first-order valence-electron chi connectivity index (χ1n) is 5.17. The molecule has 0 saturated heterocycles. The van der Waals surface area contributed by atoms with E-state index in [1.807, 2.05) is 0 Å². The molecule has 0 aromatic heterocycles. The molecule has 0 aliphatic heterocycles. The Morgan fingerprint density at radius 2 is 2.06 bits per heavy atom. The van der Waals surface area contributed by atoms with Gasteiger partial charge in [-0.25, -0.2) is 8.78 Å². The Labute approximate surface area is 93.3 Å². The molecule has 90 valence electrons. The number of hydrogen-bond acceptors (Lipinski definition) is 3. The first kappa shape index (κ1) is 12.7. The normalized spacial score (nSPS) is 10.8. The predicted molar refractivity (Wildman–Crippen MR) is 60.6 cm³/mol. The maximum atomic E-state index is 12.6. The molecule has 16 heavy (non-hydrogen) atoms. The second-order valence-corrected chi connectivity index (χ2v) is 3.50. The van der Waals surface area contributed by atoms with E-state index in [1.165, 1.54) is 6.07 Å². The van der Waals surface area contributed by atoms with Crippen LogP contribution in [0.2, 0.25) is 0 Å². The van der Waals surface area contributed by atoms with E-state index in [1.54, 1.807) is 12.1 Å². The number of unbranched alkanes of at least 4 members (excludes halogenated alkanes) is 1. The first-order valence-corrected chi connectivity index (χ1v) is 5.17. The van der Waals surface area contributed by atoms with Crippen LogP contribution >= 0.6 is 0 Å². The lowest BCUT2D eigenvalue weighted by Gasteiger charge is -2.12. The van der Waals surface area contributed by atoms with Crippen LogP contribution in [-0.4, -0.2) is 18.3 Å². The number of nitrogens with two attached hydrogens (primary N) is 1. The van der Waals surface area contributed by atoms with Crippen molar-refractivity contribution in [3.05, 3.63) is 23.8 Å². The maximum Gasteiger partial charge on any atom is 0.265 e. The molecule has 1 aromatic carbocycles. The van der Waals surface area contributed by atoms with E-state index >= 15 is 0 Å². The molecule has 4 N–H and O–H groups in total. The van der Waals surface area contributed by atoms with E-state index in [9.17, 15) is 8.78 Å². The van der Waals surface area contributed by atoms with Crippen LogP contribution < -0.4 is 11.1 Å². The van der Waals surface area contributed by atoms with Crippen LogP contribution in [0.5, 0.6) is 0 Å². The van der Waals surface area contributed by atoms with Gasteiger partial charge in [0.25, 0.3) is 6.43 Å². The van der Waals surface area contributed by atoms with Gasteiger partial charge in [-0.1, -0.05) is 0 Å². The summed E-state index contributed by atoms with van der Waals surface area (Å²) in [6, 6.07) is 4.41. The number of benzene rings is 1. The fourth-order valence-electron chi connectivity index (χ4n) is 1.38. The van der Waals surface area contributed by atoms with Crippen LogP contribution in [0.15, 0.2) is 18.2 Å². The highest BCUT2D eigenvalue weighted by atomic mass is 19.3. The van der Waals surface area contributed by atoms with Crippen molar-refractivity contribution >= 4 is 11.4 Å². The molecule has 0 fully saturated rings. The van der Waals surface area contributed by atoms with E-state index in [4.69, 9.17) is 10.8 Å². The first-order chi connectivity index (χ1) is 7.65. The Hall–Kier alpha value is -1.36. The Bertz CT molecular complexity index is 332. The number of aliphatic hydroxyl groups is 1. The van der Waals surface area contributed by atoms with Crippen LogP contribution in [0.4, 0.5) is 20.2 Å². The van der Waals surface area contributed by atoms with Gasteiger partial charge >= 0.3 is 0 Å². The van der Waals surface area contributed by atoms with Crippen molar-refractivity contribution < 1.29 is 13.9 Å². The molecule has 1 aromatic rings. The lowest BCUT2D eigenvalue weighted by molar-refractivity contribution is 0.152. The van der Waals surface area contributed by atoms with Crippen molar-refractivity contribution in [2.75, 3.05) is 24.2 Å². The number of halogens is 2. The topological polar surface area (TPSA) is 58.3 Å². The number of hydrogen-bond donors (Lipinski definition) is 3. The molecule has 1 rings (SSSR count). The summed E-state index contributed by atoms with van der Waals surface area (Å²) in [5.74, 6) is 0. The van der Waals surface area contributed by atoms with Gasteiger partial charge in [0.2, 0.25) is 0 Å². The minimum Gasteiger partial charge on any atom is -0.399 e. The van der Waals surface area contributed by atoms with Crippen molar-refractivity contribution in [2.45, 2.75) is 19.3 Å². The quantitative estimate of drug-likeness (QED) is 0.519. The smallest absolute Gasteiger partial charge is 0.265 e. The summed E-state index contributed by atoms with van der Waals surface area (Å²) >= 11 is 0. The predicted octanol–water partition coefficient (Wildman–Crippen LogP) is 2.39. The van der Waals surface area contributed by atoms with Gasteiger partial charge in [-0.05, 0) is 31.0 Å². The van der Waals surface area contributed by atoms with Gasteiger partial charge in [0.05, 0.1) is 0 Å². The highest BCUT2D eigenvalue weighted by Gasteiger charge is 2.12. The summed E-state index contributed by atoms with van der Waals surface area (Å²) in [4.78, 5) is 0. The van der Waals surface area contributed by atoms with Crippen LogP contribution in [0.1, 0.15) is 24.8 Å². The average Bonchev–Trinajstić information content (AvgIpc) is 2.26. The molecule has 0 heterocycles. The largest absolute Gasteiger partial charge is 0.399 e. The number of rotatable bonds is 6. The van der Waals surface area contributed by atoms with Crippen molar-refractivity contribution in [2.24, 2.45) is 0 Å². The van der Waals surface area contributed by atoms with Crippen LogP contribution in [-0.2, 0) is 0 Å². The highest BCUT2D eigenvalue weighted by molar-refractivity contribution is 5.58. The van der Waals surface area contributed by atoms with Gasteiger partial charge in [0, 0.05) is 30.1 Å². The van der Waals surface area contributed by atoms with Crippen LogP contribution in [0.3, 0.4) is 0 Å². The molecular weight excluding hydrogens is 214 g/mol. The van der Waals surface area contributed by atoms with E-state index in [0.717, 1.165) is 6.42 Å². The summed E-state index contributed by atoms with van der Waals surface area (Å²) in [7, 11) is 0. The SMILES string of the molecule is Nc1ccc(NCCCCO)c(C(F)F)c1. The standard InChI is InChI=1S/C11H16F2N2O/c12-11(13)9-7-8(14)3-4-10(9)15-5-1-2-6-16/h3-4,7,11,15-16H,1-2,5-6,14H2. The second-order valence-electron chi connectivity index (χ2n) is 3.50. The molecule has 0 amide bonds. The van der Waals surface area contributed by atoms with E-state index in [0.29, 0.717) is 24.3 Å². The van der Waals surface area contributed by atoms with Crippen molar-refractivity contribution in [3.63, 3.8) is 0 Å². The Balaban J connectivity index is 2.64. The Morgan fingerprint density at radius 1 is 1.31 bits per heavy atom. The zero-order chi connectivity index (χ0) is 12.0. The van der Waals surface area contributed by atoms with Gasteiger partial charge in [-0.3, -0.25) is 0 Å². The zero-order valence-electron chi connectivity index (χ0n) is 8.92. The zero-order valence-corrected chi connectivity index (χ0v) is 8.92. The number of anilines is 2. The number of nitrogen functional groups attached to an aromatic ring is 1. The van der Waals surface area contributed by atoms with Crippen molar-refractivity contribution in [1.29, 1.82) is 0 Å². The van der Waals surface area contributed by atoms with E-state index in [-0.39, 0.29) is 12.2 Å². The fraction of sp³-hybridized carbons (Fsp3) is 0.455. The molecule has 0 unspecified atom stereocenters. The monoisotopic (exact) mass is 230 g/mol. The molecule has 0 radical (unpaired) electrons. The molecular formula is C11H16F2N2O. The van der Waals surface area contributed by atoms with Gasteiger partial charge in [0.1, 0.15) is 0 Å². The molecule has 0 saturated carbocycles. The molecule has 0 aliphatic carbocycles. The molecule has 0 aliphatic rings. The third-order valence-corrected chi connectivity index (χ3v) is 2.21. The number of nitrogens with one attached hydrogen (secondary N) is 1. The van der Waals surface area contributed by atoms with Gasteiger partial charge in [0.15, 0.2) is 0 Å². The fourth-order valence-corrected chi connectivity index (χ4v) is 1.38. The molecule has 0 spiro atoms. The van der Waals surface area contributed by atoms with E-state index in [2.05, 4.69) is 5.32 Å². The van der Waals surface area contributed by atoms with Crippen LogP contribution in [0, 0.1) is 0 Å². The van der Waals surface area contributed by atoms with Gasteiger partial charge in [-0.15, -0.1) is 0 Å². The molecule has 0 atom stereocenters. The minimum absolute atomic E-state index is 0.0796. The maximum absolute atomic E-state index is 12.6. The van der Waals surface area contributed by atoms with Crippen LogP contribution in [0.25, 0.3) is 0 Å². The van der Waals surface area contributed by atoms with E-state index < -0.39 is 6.43 Å². The molecule has 0 bridgehead atoms. The third-order valence-electron chi connectivity index (χ3n) is 2.21. The number of alkyl halides is 2. The van der Waals surface area contributed by atoms with Gasteiger partial charge in [-0.2, -0.15) is 0 Å². The van der Waals surface area contributed by atoms with Crippen molar-refractivity contribution in [3.8, 4) is 0 Å². The summed E-state index contributed by atoms with van der Waals surface area (Å²) in [6.07, 6.45) is -1.14. The Kier molecular flexibility index (Phi) is 4.98. The lowest BCUT2D eigenvalue weighted by Crippen LogP contribution is -2.05. The average molecular weight is 230 g/mol. The summed E-state index contributed by atoms with van der Waals surface area (Å²) in [6.45, 7) is 0.676. The highest BCUT2D eigenvalue weighted by Crippen LogP contribution is 2.28. The molecule has 3 nitrogen and oxygen atoms in total. The minimum atomic E-state index is -2.54.